The number of benzene rings is 1. The smallest absolute Gasteiger partial charge is 0.152 e. The number of nitrogens with one attached hydrogen (secondary N) is 1. The van der Waals surface area contributed by atoms with E-state index in [1.807, 2.05) is 18.2 Å². The minimum absolute atomic E-state index is 0.0536. The van der Waals surface area contributed by atoms with Gasteiger partial charge in [0.25, 0.3) is 0 Å². The van der Waals surface area contributed by atoms with Crippen molar-refractivity contribution >= 4 is 40.1 Å². The topological polar surface area (TPSA) is 32.9 Å². The predicted octanol–water partition coefficient (Wildman–Crippen LogP) is 5.66. The summed E-state index contributed by atoms with van der Waals surface area (Å²) in [5.74, 6) is 0. The van der Waals surface area contributed by atoms with Gasteiger partial charge in [0.1, 0.15) is 0 Å². The molecule has 2 aromatic heterocycles. The third-order valence-corrected chi connectivity index (χ3v) is 4.89. The van der Waals surface area contributed by atoms with Crippen LogP contribution in [0.1, 0.15) is 36.7 Å². The molecule has 2 nitrogen and oxygen atoms in total. The molecule has 1 aromatic carbocycles. The number of aromatic nitrogens is 1. The van der Waals surface area contributed by atoms with Crippen molar-refractivity contribution in [3.05, 3.63) is 45.8 Å². The molecule has 0 aliphatic rings. The fraction of sp³-hybridized carbons (Fsp3) is 0.235. The average Bonchev–Trinajstić information content (AvgIpc) is 2.99. The van der Waals surface area contributed by atoms with Crippen LogP contribution < -0.4 is 0 Å². The number of thiophene rings is 1. The molecule has 0 saturated carbocycles. The van der Waals surface area contributed by atoms with Gasteiger partial charge in [-0.3, -0.25) is 4.79 Å². The van der Waals surface area contributed by atoms with E-state index in [9.17, 15) is 4.79 Å². The normalized spacial score (nSPS) is 12.0. The first-order valence-electron chi connectivity index (χ1n) is 6.77. The van der Waals surface area contributed by atoms with Crippen LogP contribution in [0.2, 0.25) is 4.34 Å². The molecule has 4 heteroatoms. The number of carbonyl (C=O) groups excluding carboxylic acids is 1. The number of carbonyl (C=O) groups is 1. The number of halogens is 1. The van der Waals surface area contributed by atoms with Crippen LogP contribution in [0, 0.1) is 0 Å². The molecule has 0 aliphatic carbocycles. The van der Waals surface area contributed by atoms with Gasteiger partial charge in [0.2, 0.25) is 0 Å². The molecule has 1 N–H and O–H groups in total. The molecule has 0 unspecified atom stereocenters. The Hall–Kier alpha value is -1.58. The summed E-state index contributed by atoms with van der Waals surface area (Å²) >= 11 is 7.48. The van der Waals surface area contributed by atoms with E-state index in [0.717, 1.165) is 32.1 Å². The molecule has 3 aromatic rings. The maximum absolute atomic E-state index is 11.6. The molecule has 0 spiro atoms. The molecule has 0 radical (unpaired) electrons. The van der Waals surface area contributed by atoms with Crippen molar-refractivity contribution in [2.45, 2.75) is 26.2 Å². The summed E-state index contributed by atoms with van der Waals surface area (Å²) in [6.07, 6.45) is 0.925. The minimum atomic E-state index is 0.0536. The lowest BCUT2D eigenvalue weighted by Gasteiger charge is -2.18. The van der Waals surface area contributed by atoms with Gasteiger partial charge in [0.05, 0.1) is 14.9 Å². The lowest BCUT2D eigenvalue weighted by atomic mass is 9.86. The van der Waals surface area contributed by atoms with Gasteiger partial charge in [-0.2, -0.15) is 0 Å². The highest BCUT2D eigenvalue weighted by Crippen LogP contribution is 2.36. The summed E-state index contributed by atoms with van der Waals surface area (Å²) < 4.78 is 0.718. The summed E-state index contributed by atoms with van der Waals surface area (Å²) in [5, 5.41) is 0.969. The van der Waals surface area contributed by atoms with Crippen molar-refractivity contribution < 1.29 is 4.79 Å². The van der Waals surface area contributed by atoms with Gasteiger partial charge < -0.3 is 4.98 Å². The van der Waals surface area contributed by atoms with Gasteiger partial charge in [-0.15, -0.1) is 11.3 Å². The Morgan fingerprint density at radius 2 is 1.95 bits per heavy atom. The summed E-state index contributed by atoms with van der Waals surface area (Å²) in [6.45, 7) is 6.50. The number of fused-ring (bicyclic) bond motifs is 1. The van der Waals surface area contributed by atoms with Gasteiger partial charge in [-0.1, -0.05) is 38.4 Å². The molecule has 2 heterocycles. The number of rotatable bonds is 2. The second kappa shape index (κ2) is 5.00. The van der Waals surface area contributed by atoms with E-state index in [1.165, 1.54) is 16.9 Å². The Kier molecular flexibility index (Phi) is 3.42. The van der Waals surface area contributed by atoms with Crippen molar-refractivity contribution in [2.75, 3.05) is 0 Å². The van der Waals surface area contributed by atoms with Gasteiger partial charge in [-0.25, -0.2) is 0 Å². The summed E-state index contributed by atoms with van der Waals surface area (Å²) in [4.78, 5) is 15.9. The van der Waals surface area contributed by atoms with Crippen LogP contribution in [0.25, 0.3) is 21.5 Å². The molecule has 0 aliphatic heterocycles. The fourth-order valence-corrected chi connectivity index (χ4v) is 3.50. The third-order valence-electron chi connectivity index (χ3n) is 3.64. The molecule has 0 atom stereocenters. The lowest BCUT2D eigenvalue weighted by Crippen LogP contribution is -2.10. The van der Waals surface area contributed by atoms with E-state index in [0.29, 0.717) is 5.56 Å². The number of aromatic amines is 1. The molecular formula is C17H16ClNOS. The Morgan fingerprint density at radius 3 is 2.52 bits per heavy atom. The maximum atomic E-state index is 11.6. The molecule has 0 fully saturated rings. The highest BCUT2D eigenvalue weighted by molar-refractivity contribution is 7.19. The summed E-state index contributed by atoms with van der Waals surface area (Å²) in [5.41, 5.74) is 3.80. The van der Waals surface area contributed by atoms with Crippen molar-refractivity contribution in [2.24, 2.45) is 0 Å². The van der Waals surface area contributed by atoms with Crippen molar-refractivity contribution in [3.63, 3.8) is 0 Å². The zero-order valence-corrected chi connectivity index (χ0v) is 13.7. The van der Waals surface area contributed by atoms with E-state index < -0.39 is 0 Å². The molecular weight excluding hydrogens is 302 g/mol. The second-order valence-corrected chi connectivity index (χ2v) is 7.86. The van der Waals surface area contributed by atoms with Crippen molar-refractivity contribution in [1.29, 1.82) is 0 Å². The highest BCUT2D eigenvalue weighted by atomic mass is 35.5. The third kappa shape index (κ3) is 2.52. The zero-order chi connectivity index (χ0) is 15.2. The standard InChI is InChI=1S/C17H16ClNOS/c1-17(2,3)10-4-5-13-11(8-10)12(9-20)16(19-13)14-6-7-15(18)21-14/h4-9,19H,1-3H3. The van der Waals surface area contributed by atoms with E-state index in [4.69, 9.17) is 11.6 Å². The van der Waals surface area contributed by atoms with E-state index in [1.54, 1.807) is 0 Å². The molecule has 0 saturated heterocycles. The Bertz CT molecular complexity index is 823. The second-order valence-electron chi connectivity index (χ2n) is 6.15. The lowest BCUT2D eigenvalue weighted by molar-refractivity contribution is 0.112. The van der Waals surface area contributed by atoms with Crippen molar-refractivity contribution in [3.8, 4) is 10.6 Å². The Balaban J connectivity index is 2.26. The number of aldehydes is 1. The predicted molar refractivity (Wildman–Crippen MR) is 90.7 cm³/mol. The number of hydrogen-bond acceptors (Lipinski definition) is 2. The first kappa shape index (κ1) is 14.4. The molecule has 21 heavy (non-hydrogen) atoms. The van der Waals surface area contributed by atoms with E-state index in [2.05, 4.69) is 37.9 Å². The van der Waals surface area contributed by atoms with Gasteiger partial charge in [0, 0.05) is 16.5 Å². The summed E-state index contributed by atoms with van der Waals surface area (Å²) in [6, 6.07) is 10.0. The van der Waals surface area contributed by atoms with Crippen LogP contribution in [0.15, 0.2) is 30.3 Å². The first-order chi connectivity index (χ1) is 9.90. The monoisotopic (exact) mass is 317 g/mol. The minimum Gasteiger partial charge on any atom is -0.353 e. The number of hydrogen-bond donors (Lipinski definition) is 1. The Labute approximate surface area is 132 Å². The largest absolute Gasteiger partial charge is 0.353 e. The van der Waals surface area contributed by atoms with Crippen LogP contribution in [-0.4, -0.2) is 11.3 Å². The SMILES string of the molecule is CC(C)(C)c1ccc2[nH]c(-c3ccc(Cl)s3)c(C=O)c2c1. The van der Waals surface area contributed by atoms with Crippen molar-refractivity contribution in [1.82, 2.24) is 4.98 Å². The van der Waals surface area contributed by atoms with E-state index in [-0.39, 0.29) is 5.41 Å². The average molecular weight is 318 g/mol. The van der Waals surface area contributed by atoms with Crippen LogP contribution in [0.4, 0.5) is 0 Å². The Morgan fingerprint density at radius 1 is 1.19 bits per heavy atom. The quantitative estimate of drug-likeness (QED) is 0.608. The van der Waals surface area contributed by atoms with Gasteiger partial charge in [0.15, 0.2) is 6.29 Å². The van der Waals surface area contributed by atoms with Gasteiger partial charge in [-0.05, 0) is 35.2 Å². The van der Waals surface area contributed by atoms with Crippen LogP contribution in [-0.2, 0) is 5.41 Å². The maximum Gasteiger partial charge on any atom is 0.152 e. The van der Waals surface area contributed by atoms with Crippen LogP contribution in [0.5, 0.6) is 0 Å². The molecule has 0 bridgehead atoms. The first-order valence-corrected chi connectivity index (χ1v) is 7.96. The highest BCUT2D eigenvalue weighted by Gasteiger charge is 2.18. The van der Waals surface area contributed by atoms with E-state index >= 15 is 0 Å². The zero-order valence-electron chi connectivity index (χ0n) is 12.2. The van der Waals surface area contributed by atoms with Gasteiger partial charge >= 0.3 is 0 Å². The molecule has 0 amide bonds. The number of H-pyrrole nitrogens is 1. The summed E-state index contributed by atoms with van der Waals surface area (Å²) in [7, 11) is 0. The van der Waals surface area contributed by atoms with Crippen LogP contribution >= 0.6 is 22.9 Å². The van der Waals surface area contributed by atoms with Crippen LogP contribution in [0.3, 0.4) is 0 Å². The molecule has 108 valence electrons. The fourth-order valence-electron chi connectivity index (χ4n) is 2.44. The molecule has 3 rings (SSSR count).